The molecule has 0 saturated heterocycles. The van der Waals surface area contributed by atoms with E-state index in [2.05, 4.69) is 47.6 Å². The number of thioether (sulfide) groups is 1. The molecule has 0 amide bonds. The molecule has 1 aromatic heterocycles. The van der Waals surface area contributed by atoms with E-state index in [9.17, 15) is 0 Å². The van der Waals surface area contributed by atoms with Gasteiger partial charge in [0, 0.05) is 5.75 Å². The molecule has 1 aliphatic carbocycles. The fraction of sp³-hybridized carbons (Fsp3) is 0.500. The van der Waals surface area contributed by atoms with Crippen LogP contribution in [0, 0.1) is 13.8 Å². The molecule has 106 valence electrons. The molecule has 0 unspecified atom stereocenters. The molecule has 5 nitrogen and oxygen atoms in total. The highest BCUT2D eigenvalue weighted by molar-refractivity contribution is 7.99. The molecular weight excluding hydrogens is 272 g/mol. The van der Waals surface area contributed by atoms with Crippen LogP contribution >= 0.6 is 11.8 Å². The van der Waals surface area contributed by atoms with Gasteiger partial charge < -0.3 is 4.74 Å². The van der Waals surface area contributed by atoms with Crippen molar-refractivity contribution >= 4 is 11.8 Å². The molecule has 1 saturated carbocycles. The van der Waals surface area contributed by atoms with Crippen molar-refractivity contribution in [1.82, 2.24) is 20.2 Å². The molecule has 0 radical (unpaired) electrons. The number of tetrazole rings is 1. The molecule has 3 rings (SSSR count). The average molecular weight is 290 g/mol. The summed E-state index contributed by atoms with van der Waals surface area (Å²) in [5.74, 6) is 1.81. The van der Waals surface area contributed by atoms with Crippen molar-refractivity contribution in [1.29, 1.82) is 0 Å². The lowest BCUT2D eigenvalue weighted by Crippen LogP contribution is -2.04. The number of nitrogens with zero attached hydrogens (tertiary/aromatic N) is 4. The summed E-state index contributed by atoms with van der Waals surface area (Å²) in [6.07, 6.45) is 2.38. The first-order valence-electron chi connectivity index (χ1n) is 6.85. The van der Waals surface area contributed by atoms with Gasteiger partial charge in [0.1, 0.15) is 5.75 Å². The zero-order chi connectivity index (χ0) is 13.9. The first kappa shape index (κ1) is 13.4. The van der Waals surface area contributed by atoms with Gasteiger partial charge in [-0.15, -0.1) is 5.10 Å². The second kappa shape index (κ2) is 5.83. The van der Waals surface area contributed by atoms with E-state index in [1.807, 2.05) is 4.68 Å². The highest BCUT2D eigenvalue weighted by atomic mass is 32.2. The number of benzene rings is 1. The molecule has 2 aromatic rings. The second-order valence-corrected chi connectivity index (χ2v) is 6.17. The Kier molecular flexibility index (Phi) is 3.91. The Morgan fingerprint density at radius 2 is 2.20 bits per heavy atom. The van der Waals surface area contributed by atoms with E-state index >= 15 is 0 Å². The fourth-order valence-electron chi connectivity index (χ4n) is 1.98. The van der Waals surface area contributed by atoms with E-state index in [0.29, 0.717) is 12.6 Å². The monoisotopic (exact) mass is 290 g/mol. The number of rotatable bonds is 6. The summed E-state index contributed by atoms with van der Waals surface area (Å²) in [6.45, 7) is 4.80. The Hall–Kier alpha value is -1.56. The molecule has 0 aliphatic heterocycles. The van der Waals surface area contributed by atoms with Crippen molar-refractivity contribution in [3.63, 3.8) is 0 Å². The first-order chi connectivity index (χ1) is 9.74. The maximum atomic E-state index is 5.83. The summed E-state index contributed by atoms with van der Waals surface area (Å²) in [6, 6.07) is 6.79. The minimum absolute atomic E-state index is 0.521. The Morgan fingerprint density at radius 1 is 1.35 bits per heavy atom. The lowest BCUT2D eigenvalue weighted by Gasteiger charge is -2.09. The lowest BCUT2D eigenvalue weighted by molar-refractivity contribution is 0.341. The van der Waals surface area contributed by atoms with E-state index in [-0.39, 0.29) is 0 Å². The van der Waals surface area contributed by atoms with Gasteiger partial charge in [0.05, 0.1) is 12.6 Å². The van der Waals surface area contributed by atoms with Crippen LogP contribution in [-0.4, -0.2) is 32.6 Å². The van der Waals surface area contributed by atoms with E-state index in [4.69, 9.17) is 4.74 Å². The molecule has 1 aromatic carbocycles. The second-order valence-electron chi connectivity index (χ2n) is 5.10. The van der Waals surface area contributed by atoms with E-state index < -0.39 is 0 Å². The molecule has 1 fully saturated rings. The van der Waals surface area contributed by atoms with Gasteiger partial charge in [-0.25, -0.2) is 4.68 Å². The minimum Gasteiger partial charge on any atom is -0.492 e. The Labute approximate surface area is 122 Å². The lowest BCUT2D eigenvalue weighted by atomic mass is 10.1. The van der Waals surface area contributed by atoms with Gasteiger partial charge in [0.15, 0.2) is 0 Å². The zero-order valence-electron chi connectivity index (χ0n) is 11.7. The van der Waals surface area contributed by atoms with Crippen LogP contribution in [0.4, 0.5) is 0 Å². The number of ether oxygens (including phenoxy) is 1. The Bertz CT molecular complexity index is 595. The van der Waals surface area contributed by atoms with Crippen LogP contribution in [-0.2, 0) is 0 Å². The van der Waals surface area contributed by atoms with Crippen molar-refractivity contribution in [2.45, 2.75) is 37.9 Å². The van der Waals surface area contributed by atoms with Gasteiger partial charge in [-0.2, -0.15) is 0 Å². The minimum atomic E-state index is 0.521. The number of aromatic nitrogens is 4. The van der Waals surface area contributed by atoms with Crippen LogP contribution in [0.15, 0.2) is 23.4 Å². The number of hydrogen-bond acceptors (Lipinski definition) is 5. The SMILES string of the molecule is Cc1ccc(C)c(OCCSc2nnnn2C2CC2)c1. The van der Waals surface area contributed by atoms with E-state index in [1.165, 1.54) is 24.0 Å². The van der Waals surface area contributed by atoms with Crippen molar-refractivity contribution in [3.8, 4) is 5.75 Å². The van der Waals surface area contributed by atoms with Gasteiger partial charge in [0.2, 0.25) is 5.16 Å². The average Bonchev–Trinajstić information content (AvgIpc) is 3.18. The van der Waals surface area contributed by atoms with Crippen molar-refractivity contribution in [2.75, 3.05) is 12.4 Å². The highest BCUT2D eigenvalue weighted by Gasteiger charge is 2.27. The molecule has 1 heterocycles. The summed E-state index contributed by atoms with van der Waals surface area (Å²) >= 11 is 1.65. The molecule has 0 bridgehead atoms. The third kappa shape index (κ3) is 3.12. The van der Waals surface area contributed by atoms with E-state index in [1.54, 1.807) is 11.8 Å². The van der Waals surface area contributed by atoms with Crippen LogP contribution in [0.5, 0.6) is 5.75 Å². The molecule has 20 heavy (non-hydrogen) atoms. The quantitative estimate of drug-likeness (QED) is 0.605. The van der Waals surface area contributed by atoms with Crippen LogP contribution in [0.1, 0.15) is 30.0 Å². The van der Waals surface area contributed by atoms with E-state index in [0.717, 1.165) is 16.7 Å². The standard InChI is InChI=1S/C14H18N4OS/c1-10-3-4-11(2)13(9-10)19-7-8-20-14-15-16-17-18(14)12-5-6-12/h3-4,9,12H,5-8H2,1-2H3. The van der Waals surface area contributed by atoms with Crippen LogP contribution in [0.2, 0.25) is 0 Å². The van der Waals surface area contributed by atoms with Crippen LogP contribution in [0.25, 0.3) is 0 Å². The van der Waals surface area contributed by atoms with Crippen molar-refractivity contribution in [2.24, 2.45) is 0 Å². The highest BCUT2D eigenvalue weighted by Crippen LogP contribution is 2.36. The molecule has 0 spiro atoms. The van der Waals surface area contributed by atoms with Crippen LogP contribution < -0.4 is 4.74 Å². The normalized spacial score (nSPS) is 14.5. The first-order valence-corrected chi connectivity index (χ1v) is 7.83. The zero-order valence-corrected chi connectivity index (χ0v) is 12.6. The predicted octanol–water partition coefficient (Wildman–Crippen LogP) is 2.80. The third-order valence-electron chi connectivity index (χ3n) is 3.27. The van der Waals surface area contributed by atoms with Gasteiger partial charge in [0.25, 0.3) is 0 Å². The Balaban J connectivity index is 1.50. The summed E-state index contributed by atoms with van der Waals surface area (Å²) in [5.41, 5.74) is 2.39. The number of hydrogen-bond donors (Lipinski definition) is 0. The van der Waals surface area contributed by atoms with Gasteiger partial charge in [-0.1, -0.05) is 23.9 Å². The maximum Gasteiger partial charge on any atom is 0.209 e. The summed E-state index contributed by atoms with van der Waals surface area (Å²) in [5, 5.41) is 12.7. The fourth-order valence-corrected chi connectivity index (χ4v) is 2.74. The van der Waals surface area contributed by atoms with Crippen LogP contribution in [0.3, 0.4) is 0 Å². The molecular formula is C14H18N4OS. The summed E-state index contributed by atoms with van der Waals surface area (Å²) in [4.78, 5) is 0. The molecule has 0 atom stereocenters. The molecule has 0 N–H and O–H groups in total. The third-order valence-corrected chi connectivity index (χ3v) is 4.17. The largest absolute Gasteiger partial charge is 0.492 e. The van der Waals surface area contributed by atoms with Crippen molar-refractivity contribution < 1.29 is 4.74 Å². The topological polar surface area (TPSA) is 52.8 Å². The predicted molar refractivity (Wildman–Crippen MR) is 78.2 cm³/mol. The summed E-state index contributed by atoms with van der Waals surface area (Å²) in [7, 11) is 0. The van der Waals surface area contributed by atoms with Gasteiger partial charge >= 0.3 is 0 Å². The molecule has 1 aliphatic rings. The van der Waals surface area contributed by atoms with Crippen molar-refractivity contribution in [3.05, 3.63) is 29.3 Å². The Morgan fingerprint density at radius 3 is 3.00 bits per heavy atom. The van der Waals surface area contributed by atoms with Gasteiger partial charge in [-0.05, 0) is 54.3 Å². The smallest absolute Gasteiger partial charge is 0.209 e. The summed E-state index contributed by atoms with van der Waals surface area (Å²) < 4.78 is 7.77. The number of aryl methyl sites for hydroxylation is 2. The maximum absolute atomic E-state index is 5.83. The molecule has 6 heteroatoms. The van der Waals surface area contributed by atoms with Gasteiger partial charge in [-0.3, -0.25) is 0 Å².